The van der Waals surface area contributed by atoms with Crippen LogP contribution in [0.5, 0.6) is 0 Å². The van der Waals surface area contributed by atoms with Crippen LogP contribution in [0.4, 0.5) is 4.39 Å². The highest BCUT2D eigenvalue weighted by Crippen LogP contribution is 2.28. The zero-order chi connectivity index (χ0) is 13.7. The van der Waals surface area contributed by atoms with Crippen LogP contribution in [0.3, 0.4) is 0 Å². The molecule has 2 atom stereocenters. The number of benzene rings is 1. The molecule has 1 aromatic rings. The third kappa shape index (κ3) is 4.31. The molecule has 0 spiro atoms. The lowest BCUT2D eigenvalue weighted by Crippen LogP contribution is -2.35. The van der Waals surface area contributed by atoms with Crippen molar-refractivity contribution in [2.24, 2.45) is 5.92 Å². The van der Waals surface area contributed by atoms with E-state index in [2.05, 4.69) is 19.2 Å². The van der Waals surface area contributed by atoms with Crippen molar-refractivity contribution >= 4 is 0 Å². The first kappa shape index (κ1) is 14.5. The summed E-state index contributed by atoms with van der Waals surface area (Å²) in [6, 6.07) is 5.86. The Balaban J connectivity index is 1.93. The Morgan fingerprint density at radius 3 is 2.95 bits per heavy atom. The van der Waals surface area contributed by atoms with E-state index in [1.807, 2.05) is 6.07 Å². The molecule has 1 nitrogen and oxygen atoms in total. The topological polar surface area (TPSA) is 12.0 Å². The van der Waals surface area contributed by atoms with Crippen molar-refractivity contribution < 1.29 is 4.39 Å². The second kappa shape index (κ2) is 7.04. The summed E-state index contributed by atoms with van der Waals surface area (Å²) in [5.41, 5.74) is 2.42. The van der Waals surface area contributed by atoms with Gasteiger partial charge in [0.15, 0.2) is 0 Å². The van der Waals surface area contributed by atoms with Crippen molar-refractivity contribution in [1.29, 1.82) is 0 Å². The van der Waals surface area contributed by atoms with Gasteiger partial charge in [-0.05, 0) is 68.3 Å². The minimum atomic E-state index is -0.0999. The highest BCUT2D eigenvalue weighted by atomic mass is 19.1. The van der Waals surface area contributed by atoms with Gasteiger partial charge in [0.25, 0.3) is 0 Å². The molecule has 19 heavy (non-hydrogen) atoms. The van der Waals surface area contributed by atoms with Gasteiger partial charge in [0.1, 0.15) is 5.82 Å². The van der Waals surface area contributed by atoms with Gasteiger partial charge in [-0.25, -0.2) is 4.39 Å². The average molecular weight is 263 g/mol. The molecule has 2 heteroatoms. The lowest BCUT2D eigenvalue weighted by atomic mass is 9.81. The molecule has 0 amide bonds. The lowest BCUT2D eigenvalue weighted by Gasteiger charge is -2.30. The van der Waals surface area contributed by atoms with Gasteiger partial charge in [0.2, 0.25) is 0 Å². The molecule has 2 rings (SSSR count). The molecule has 1 aliphatic rings. The maximum atomic E-state index is 13.3. The van der Waals surface area contributed by atoms with Crippen molar-refractivity contribution in [2.75, 3.05) is 6.54 Å². The van der Waals surface area contributed by atoms with Crippen LogP contribution < -0.4 is 5.32 Å². The van der Waals surface area contributed by atoms with Crippen LogP contribution in [-0.4, -0.2) is 12.6 Å². The number of halogens is 1. The molecule has 106 valence electrons. The Hall–Kier alpha value is -0.890. The van der Waals surface area contributed by atoms with Crippen LogP contribution >= 0.6 is 0 Å². The third-order valence-electron chi connectivity index (χ3n) is 4.29. The minimum absolute atomic E-state index is 0.0999. The van der Waals surface area contributed by atoms with E-state index in [0.717, 1.165) is 13.0 Å². The van der Waals surface area contributed by atoms with E-state index in [1.165, 1.54) is 43.2 Å². The van der Waals surface area contributed by atoms with Gasteiger partial charge in [0.05, 0.1) is 0 Å². The Morgan fingerprint density at radius 1 is 1.32 bits per heavy atom. The maximum Gasteiger partial charge on any atom is 0.123 e. The van der Waals surface area contributed by atoms with Gasteiger partial charge >= 0.3 is 0 Å². The molecule has 2 unspecified atom stereocenters. The van der Waals surface area contributed by atoms with Gasteiger partial charge < -0.3 is 5.32 Å². The fourth-order valence-electron chi connectivity index (χ4n) is 3.18. The molecular weight excluding hydrogens is 237 g/mol. The second-order valence-corrected chi connectivity index (χ2v) is 5.96. The molecule has 1 aliphatic carbocycles. The zero-order valence-corrected chi connectivity index (χ0v) is 12.2. The fraction of sp³-hybridized carbons (Fsp3) is 0.647. The molecule has 0 saturated heterocycles. The minimum Gasteiger partial charge on any atom is -0.314 e. The Labute approximate surface area is 116 Å². The smallest absolute Gasteiger partial charge is 0.123 e. The van der Waals surface area contributed by atoms with E-state index < -0.39 is 0 Å². The SMILES string of the molecule is CCCNC1CCCC(Cc2cc(F)ccc2C)C1. The van der Waals surface area contributed by atoms with E-state index in [4.69, 9.17) is 0 Å². The summed E-state index contributed by atoms with van der Waals surface area (Å²) in [5, 5.41) is 3.64. The summed E-state index contributed by atoms with van der Waals surface area (Å²) in [4.78, 5) is 0. The Kier molecular flexibility index (Phi) is 5.38. The zero-order valence-electron chi connectivity index (χ0n) is 12.2. The summed E-state index contributed by atoms with van der Waals surface area (Å²) in [6.07, 6.45) is 7.38. The molecule has 0 radical (unpaired) electrons. The number of rotatable bonds is 5. The summed E-state index contributed by atoms with van der Waals surface area (Å²) >= 11 is 0. The first-order chi connectivity index (χ1) is 9.19. The van der Waals surface area contributed by atoms with Gasteiger partial charge in [-0.2, -0.15) is 0 Å². The highest BCUT2D eigenvalue weighted by molar-refractivity contribution is 5.27. The summed E-state index contributed by atoms with van der Waals surface area (Å²) < 4.78 is 13.3. The molecule has 1 saturated carbocycles. The number of hydrogen-bond acceptors (Lipinski definition) is 1. The van der Waals surface area contributed by atoms with Crippen LogP contribution in [-0.2, 0) is 6.42 Å². The third-order valence-corrected chi connectivity index (χ3v) is 4.29. The molecule has 1 N–H and O–H groups in total. The van der Waals surface area contributed by atoms with E-state index in [1.54, 1.807) is 12.1 Å². The van der Waals surface area contributed by atoms with E-state index in [-0.39, 0.29) is 5.82 Å². The number of aryl methyl sites for hydroxylation is 1. The lowest BCUT2D eigenvalue weighted by molar-refractivity contribution is 0.284. The summed E-state index contributed by atoms with van der Waals surface area (Å²) in [5.74, 6) is 0.612. The summed E-state index contributed by atoms with van der Waals surface area (Å²) in [6.45, 7) is 5.42. The van der Waals surface area contributed by atoms with Gasteiger partial charge in [-0.1, -0.05) is 25.8 Å². The molecular formula is C17H26FN. The van der Waals surface area contributed by atoms with Gasteiger partial charge in [0, 0.05) is 6.04 Å². The highest BCUT2D eigenvalue weighted by Gasteiger charge is 2.22. The standard InChI is InChI=1S/C17H26FN/c1-3-9-19-17-6-4-5-14(11-17)10-15-12-16(18)8-7-13(15)2/h7-8,12,14,17,19H,3-6,9-11H2,1-2H3. The molecule has 1 fully saturated rings. The van der Waals surface area contributed by atoms with Crippen molar-refractivity contribution in [3.05, 3.63) is 35.1 Å². The van der Waals surface area contributed by atoms with Crippen LogP contribution in [0, 0.1) is 18.7 Å². The van der Waals surface area contributed by atoms with Crippen LogP contribution in [0.15, 0.2) is 18.2 Å². The van der Waals surface area contributed by atoms with E-state index >= 15 is 0 Å². The Morgan fingerprint density at radius 2 is 2.16 bits per heavy atom. The fourth-order valence-corrected chi connectivity index (χ4v) is 3.18. The predicted molar refractivity (Wildman–Crippen MR) is 78.9 cm³/mol. The quantitative estimate of drug-likeness (QED) is 0.838. The van der Waals surface area contributed by atoms with Crippen LogP contribution in [0.25, 0.3) is 0 Å². The first-order valence-electron chi connectivity index (χ1n) is 7.67. The molecule has 0 bridgehead atoms. The van der Waals surface area contributed by atoms with E-state index in [9.17, 15) is 4.39 Å². The van der Waals surface area contributed by atoms with Gasteiger partial charge in [-0.15, -0.1) is 0 Å². The van der Waals surface area contributed by atoms with Crippen molar-refractivity contribution in [1.82, 2.24) is 5.32 Å². The number of hydrogen-bond donors (Lipinski definition) is 1. The Bertz CT molecular complexity index is 402. The van der Waals surface area contributed by atoms with Gasteiger partial charge in [-0.3, -0.25) is 0 Å². The van der Waals surface area contributed by atoms with Crippen molar-refractivity contribution in [2.45, 2.75) is 58.4 Å². The maximum absolute atomic E-state index is 13.3. The van der Waals surface area contributed by atoms with Crippen molar-refractivity contribution in [3.63, 3.8) is 0 Å². The number of nitrogens with one attached hydrogen (secondary N) is 1. The van der Waals surface area contributed by atoms with Crippen LogP contribution in [0.2, 0.25) is 0 Å². The molecule has 1 aromatic carbocycles. The largest absolute Gasteiger partial charge is 0.314 e. The average Bonchev–Trinajstić information content (AvgIpc) is 2.41. The first-order valence-corrected chi connectivity index (χ1v) is 7.67. The normalized spacial score (nSPS) is 23.5. The predicted octanol–water partition coefficient (Wildman–Crippen LogP) is 4.24. The monoisotopic (exact) mass is 263 g/mol. The summed E-state index contributed by atoms with van der Waals surface area (Å²) in [7, 11) is 0. The molecule has 0 heterocycles. The second-order valence-electron chi connectivity index (χ2n) is 5.96. The van der Waals surface area contributed by atoms with E-state index in [0.29, 0.717) is 12.0 Å². The molecule has 0 aromatic heterocycles. The molecule has 0 aliphatic heterocycles. The van der Waals surface area contributed by atoms with Crippen molar-refractivity contribution in [3.8, 4) is 0 Å². The van der Waals surface area contributed by atoms with Crippen LogP contribution in [0.1, 0.15) is 50.2 Å².